The minimum Gasteiger partial charge on any atom is -0.330 e. The molecule has 2 aromatic rings. The van der Waals surface area contributed by atoms with Crippen molar-refractivity contribution in [3.63, 3.8) is 0 Å². The van der Waals surface area contributed by atoms with Crippen LogP contribution in [0.1, 0.15) is 5.56 Å². The third-order valence-electron chi connectivity index (χ3n) is 3.19. The molecule has 0 aliphatic rings. The summed E-state index contributed by atoms with van der Waals surface area (Å²) in [5, 5.41) is 2.39. The van der Waals surface area contributed by atoms with Gasteiger partial charge in [-0.25, -0.2) is 8.78 Å². The van der Waals surface area contributed by atoms with Crippen LogP contribution in [0.5, 0.6) is 0 Å². The molecule has 2 aromatic carbocycles. The predicted octanol–water partition coefficient (Wildman–Crippen LogP) is 2.72. The summed E-state index contributed by atoms with van der Waals surface area (Å²) in [5.41, 5.74) is 6.40. The normalized spacial score (nSPS) is 12.0. The van der Waals surface area contributed by atoms with Crippen LogP contribution in [0.15, 0.2) is 48.5 Å². The van der Waals surface area contributed by atoms with E-state index in [9.17, 15) is 13.6 Å². The number of halogens is 2. The molecule has 0 heterocycles. The molecule has 0 spiro atoms. The van der Waals surface area contributed by atoms with Gasteiger partial charge < -0.3 is 11.1 Å². The fourth-order valence-corrected chi connectivity index (χ4v) is 2.02. The number of nitrogens with one attached hydrogen (secondary N) is 1. The Bertz CT molecular complexity index is 617. The maximum absolute atomic E-state index is 13.5. The highest BCUT2D eigenvalue weighted by Gasteiger charge is 2.19. The van der Waals surface area contributed by atoms with Crippen LogP contribution in [-0.2, 0) is 11.2 Å². The van der Waals surface area contributed by atoms with E-state index in [0.29, 0.717) is 6.42 Å². The van der Waals surface area contributed by atoms with Gasteiger partial charge in [-0.3, -0.25) is 4.79 Å². The summed E-state index contributed by atoms with van der Waals surface area (Å²) >= 11 is 0. The van der Waals surface area contributed by atoms with Gasteiger partial charge in [-0.1, -0.05) is 36.4 Å². The Balaban J connectivity index is 2.08. The molecule has 0 aliphatic carbocycles. The highest BCUT2D eigenvalue weighted by molar-refractivity contribution is 5.93. The molecule has 1 unspecified atom stereocenters. The number of anilines is 1. The van der Waals surface area contributed by atoms with Crippen molar-refractivity contribution in [1.29, 1.82) is 0 Å². The van der Waals surface area contributed by atoms with Crippen LogP contribution >= 0.6 is 0 Å². The van der Waals surface area contributed by atoms with Crippen LogP contribution in [-0.4, -0.2) is 12.5 Å². The lowest BCUT2D eigenvalue weighted by Gasteiger charge is -2.15. The Morgan fingerprint density at radius 3 is 2.48 bits per heavy atom. The summed E-state index contributed by atoms with van der Waals surface area (Å²) < 4.78 is 26.6. The van der Waals surface area contributed by atoms with Gasteiger partial charge in [0.15, 0.2) is 11.6 Å². The highest BCUT2D eigenvalue weighted by atomic mass is 19.2. The number of carbonyl (C=O) groups is 1. The Morgan fingerprint density at radius 1 is 1.10 bits per heavy atom. The van der Waals surface area contributed by atoms with Crippen LogP contribution in [0.3, 0.4) is 0 Å². The SMILES string of the molecule is NCC(Cc1ccccc1)C(=O)Nc1cccc(F)c1F. The van der Waals surface area contributed by atoms with Gasteiger partial charge in [0.25, 0.3) is 0 Å². The Labute approximate surface area is 121 Å². The molecule has 1 amide bonds. The molecule has 0 radical (unpaired) electrons. The van der Waals surface area contributed by atoms with Crippen molar-refractivity contribution in [3.05, 3.63) is 65.7 Å². The molecular formula is C16H16F2N2O. The summed E-state index contributed by atoms with van der Waals surface area (Å²) in [6.45, 7) is 0.123. The van der Waals surface area contributed by atoms with E-state index in [0.717, 1.165) is 11.6 Å². The van der Waals surface area contributed by atoms with Crippen molar-refractivity contribution in [2.24, 2.45) is 11.7 Å². The van der Waals surface area contributed by atoms with Crippen molar-refractivity contribution in [2.45, 2.75) is 6.42 Å². The van der Waals surface area contributed by atoms with E-state index in [1.165, 1.54) is 12.1 Å². The van der Waals surface area contributed by atoms with Gasteiger partial charge >= 0.3 is 0 Å². The lowest BCUT2D eigenvalue weighted by atomic mass is 9.98. The molecule has 0 saturated heterocycles. The highest BCUT2D eigenvalue weighted by Crippen LogP contribution is 2.18. The van der Waals surface area contributed by atoms with Crippen molar-refractivity contribution < 1.29 is 13.6 Å². The van der Waals surface area contributed by atoms with Crippen molar-refractivity contribution >= 4 is 11.6 Å². The molecule has 0 aliphatic heterocycles. The summed E-state index contributed by atoms with van der Waals surface area (Å²) in [5.74, 6) is -3.00. The third-order valence-corrected chi connectivity index (χ3v) is 3.19. The van der Waals surface area contributed by atoms with Crippen LogP contribution in [0.2, 0.25) is 0 Å². The average Bonchev–Trinajstić information content (AvgIpc) is 2.50. The second-order valence-electron chi connectivity index (χ2n) is 4.71. The standard InChI is InChI=1S/C16H16F2N2O/c17-13-7-4-8-14(15(13)18)20-16(21)12(10-19)9-11-5-2-1-3-6-11/h1-8,12H,9-10,19H2,(H,20,21). The number of nitrogens with two attached hydrogens (primary N) is 1. The van der Waals surface area contributed by atoms with Gasteiger partial charge in [0.1, 0.15) is 0 Å². The van der Waals surface area contributed by atoms with Crippen molar-refractivity contribution in [2.75, 3.05) is 11.9 Å². The first-order valence-corrected chi connectivity index (χ1v) is 6.60. The molecule has 1 atom stereocenters. The number of benzene rings is 2. The molecule has 2 rings (SSSR count). The zero-order valence-corrected chi connectivity index (χ0v) is 11.4. The van der Waals surface area contributed by atoms with Crippen LogP contribution in [0.4, 0.5) is 14.5 Å². The zero-order chi connectivity index (χ0) is 15.2. The Hall–Kier alpha value is -2.27. The molecule has 0 saturated carbocycles. The van der Waals surface area contributed by atoms with Crippen LogP contribution < -0.4 is 11.1 Å². The van der Waals surface area contributed by atoms with Gasteiger partial charge in [-0.2, -0.15) is 0 Å². The first kappa shape index (κ1) is 15.1. The number of hydrogen-bond donors (Lipinski definition) is 2. The second-order valence-corrected chi connectivity index (χ2v) is 4.71. The van der Waals surface area contributed by atoms with E-state index in [1.54, 1.807) is 0 Å². The van der Waals surface area contributed by atoms with Gasteiger partial charge in [0.2, 0.25) is 5.91 Å². The van der Waals surface area contributed by atoms with Gasteiger partial charge in [0, 0.05) is 6.54 Å². The van der Waals surface area contributed by atoms with Crippen LogP contribution in [0, 0.1) is 17.6 Å². The lowest BCUT2D eigenvalue weighted by Crippen LogP contribution is -2.31. The summed E-state index contributed by atoms with van der Waals surface area (Å²) in [6.07, 6.45) is 0.445. The molecular weight excluding hydrogens is 274 g/mol. The van der Waals surface area contributed by atoms with E-state index in [1.807, 2.05) is 30.3 Å². The third kappa shape index (κ3) is 3.86. The van der Waals surface area contributed by atoms with E-state index in [2.05, 4.69) is 5.32 Å². The zero-order valence-electron chi connectivity index (χ0n) is 11.4. The Kier molecular flexibility index (Phi) is 5.00. The maximum atomic E-state index is 13.5. The fourth-order valence-electron chi connectivity index (χ4n) is 2.02. The molecule has 21 heavy (non-hydrogen) atoms. The van der Waals surface area contributed by atoms with E-state index >= 15 is 0 Å². The molecule has 0 fully saturated rings. The second kappa shape index (κ2) is 6.95. The fraction of sp³-hybridized carbons (Fsp3) is 0.188. The minimum absolute atomic E-state index is 0.123. The summed E-state index contributed by atoms with van der Waals surface area (Å²) in [7, 11) is 0. The van der Waals surface area contributed by atoms with Gasteiger partial charge in [0.05, 0.1) is 11.6 Å². The average molecular weight is 290 g/mol. The van der Waals surface area contributed by atoms with Crippen molar-refractivity contribution in [3.8, 4) is 0 Å². The molecule has 3 nitrogen and oxygen atoms in total. The largest absolute Gasteiger partial charge is 0.330 e. The number of amides is 1. The predicted molar refractivity (Wildman–Crippen MR) is 77.7 cm³/mol. The summed E-state index contributed by atoms with van der Waals surface area (Å²) in [4.78, 5) is 12.1. The molecule has 0 bridgehead atoms. The number of carbonyl (C=O) groups excluding carboxylic acids is 1. The van der Waals surface area contributed by atoms with Gasteiger partial charge in [-0.15, -0.1) is 0 Å². The van der Waals surface area contributed by atoms with E-state index in [4.69, 9.17) is 5.73 Å². The monoisotopic (exact) mass is 290 g/mol. The van der Waals surface area contributed by atoms with E-state index in [-0.39, 0.29) is 12.2 Å². The summed E-state index contributed by atoms with van der Waals surface area (Å²) in [6, 6.07) is 13.0. The van der Waals surface area contributed by atoms with Gasteiger partial charge in [-0.05, 0) is 24.1 Å². The number of rotatable bonds is 5. The van der Waals surface area contributed by atoms with Crippen molar-refractivity contribution in [1.82, 2.24) is 0 Å². The lowest BCUT2D eigenvalue weighted by molar-refractivity contribution is -0.119. The number of hydrogen-bond acceptors (Lipinski definition) is 2. The minimum atomic E-state index is -1.07. The smallest absolute Gasteiger partial charge is 0.229 e. The topological polar surface area (TPSA) is 55.1 Å². The molecule has 3 N–H and O–H groups in total. The Morgan fingerprint density at radius 2 is 1.81 bits per heavy atom. The first-order chi connectivity index (χ1) is 10.1. The molecule has 0 aromatic heterocycles. The molecule has 110 valence electrons. The van der Waals surface area contributed by atoms with Crippen LogP contribution in [0.25, 0.3) is 0 Å². The first-order valence-electron chi connectivity index (χ1n) is 6.60. The maximum Gasteiger partial charge on any atom is 0.229 e. The van der Waals surface area contributed by atoms with E-state index < -0.39 is 23.5 Å². The molecule has 5 heteroatoms. The quantitative estimate of drug-likeness (QED) is 0.889.